The third-order valence-corrected chi connectivity index (χ3v) is 5.18. The molecule has 0 atom stereocenters. The summed E-state index contributed by atoms with van der Waals surface area (Å²) in [4.78, 5) is 49.9. The van der Waals surface area contributed by atoms with Gasteiger partial charge in [-0.2, -0.15) is 0 Å². The van der Waals surface area contributed by atoms with Crippen LogP contribution in [0.15, 0.2) is 30.3 Å². The zero-order valence-corrected chi connectivity index (χ0v) is 17.0. The molecule has 2 rings (SSSR count). The standard InChI is InChI=1S/C21H29N3O5/c1-3-4-12-22-20(28)23-18(26)15-29-19(27)21(17-8-6-5-7-9-17)10-13-24(14-11-21)16(2)25/h5-9H,3-4,10-15H2,1-2H3,(H2,22,23,26,28). The average Bonchev–Trinajstić information content (AvgIpc) is 2.72. The van der Waals surface area contributed by atoms with Crippen molar-refractivity contribution in [2.45, 2.75) is 44.9 Å². The molecule has 8 heteroatoms. The predicted molar refractivity (Wildman–Crippen MR) is 107 cm³/mol. The Labute approximate surface area is 171 Å². The lowest BCUT2D eigenvalue weighted by molar-refractivity contribution is -0.157. The molecule has 1 aliphatic rings. The maximum atomic E-state index is 13.0. The predicted octanol–water partition coefficient (Wildman–Crippen LogP) is 1.74. The molecule has 4 amide bonds. The summed E-state index contributed by atoms with van der Waals surface area (Å²) in [5.41, 5.74) is -0.123. The van der Waals surface area contributed by atoms with E-state index in [0.29, 0.717) is 32.5 Å². The molecule has 1 fully saturated rings. The van der Waals surface area contributed by atoms with Crippen LogP contribution in [0.4, 0.5) is 4.79 Å². The summed E-state index contributed by atoms with van der Waals surface area (Å²) < 4.78 is 5.29. The number of amides is 4. The van der Waals surface area contributed by atoms with Crippen molar-refractivity contribution in [3.05, 3.63) is 35.9 Å². The number of ether oxygens (including phenoxy) is 1. The molecule has 0 spiro atoms. The molecule has 1 aliphatic heterocycles. The Hall–Kier alpha value is -2.90. The van der Waals surface area contributed by atoms with E-state index in [-0.39, 0.29) is 5.91 Å². The first-order valence-corrected chi connectivity index (χ1v) is 9.95. The number of piperidine rings is 1. The van der Waals surface area contributed by atoms with Gasteiger partial charge in [0.2, 0.25) is 5.91 Å². The van der Waals surface area contributed by atoms with Gasteiger partial charge in [-0.15, -0.1) is 0 Å². The molecule has 1 heterocycles. The smallest absolute Gasteiger partial charge is 0.321 e. The van der Waals surface area contributed by atoms with Gasteiger partial charge in [-0.1, -0.05) is 43.7 Å². The number of hydrogen-bond donors (Lipinski definition) is 2. The molecule has 0 aliphatic carbocycles. The molecule has 2 N–H and O–H groups in total. The highest BCUT2D eigenvalue weighted by atomic mass is 16.5. The van der Waals surface area contributed by atoms with Crippen LogP contribution in [0.1, 0.15) is 45.1 Å². The van der Waals surface area contributed by atoms with Gasteiger partial charge < -0.3 is 15.0 Å². The van der Waals surface area contributed by atoms with Crippen LogP contribution in [0.3, 0.4) is 0 Å². The number of nitrogens with zero attached hydrogens (tertiary/aromatic N) is 1. The molecule has 0 aromatic heterocycles. The van der Waals surface area contributed by atoms with Crippen LogP contribution in [0.25, 0.3) is 0 Å². The van der Waals surface area contributed by atoms with Crippen LogP contribution in [0.5, 0.6) is 0 Å². The number of hydrogen-bond acceptors (Lipinski definition) is 5. The Kier molecular flexibility index (Phi) is 8.18. The fraction of sp³-hybridized carbons (Fsp3) is 0.524. The van der Waals surface area contributed by atoms with E-state index in [1.54, 1.807) is 4.90 Å². The molecule has 1 aromatic carbocycles. The van der Waals surface area contributed by atoms with Crippen LogP contribution >= 0.6 is 0 Å². The quantitative estimate of drug-likeness (QED) is 0.533. The minimum Gasteiger partial charge on any atom is -0.455 e. The Morgan fingerprint density at radius 3 is 2.34 bits per heavy atom. The maximum Gasteiger partial charge on any atom is 0.321 e. The molecule has 0 radical (unpaired) electrons. The average molecular weight is 403 g/mol. The van der Waals surface area contributed by atoms with Gasteiger partial charge in [0.25, 0.3) is 5.91 Å². The van der Waals surface area contributed by atoms with Gasteiger partial charge in [0, 0.05) is 26.6 Å². The second kappa shape index (κ2) is 10.6. The van der Waals surface area contributed by atoms with Crippen LogP contribution in [0, 0.1) is 0 Å². The number of benzene rings is 1. The molecule has 0 saturated carbocycles. The normalized spacial score (nSPS) is 15.3. The summed E-state index contributed by atoms with van der Waals surface area (Å²) in [5.74, 6) is -1.24. The van der Waals surface area contributed by atoms with Crippen molar-refractivity contribution >= 4 is 23.8 Å². The van der Waals surface area contributed by atoms with Crippen LogP contribution < -0.4 is 10.6 Å². The van der Waals surface area contributed by atoms with E-state index in [9.17, 15) is 19.2 Å². The van der Waals surface area contributed by atoms with Gasteiger partial charge >= 0.3 is 12.0 Å². The van der Waals surface area contributed by atoms with Gasteiger partial charge in [-0.3, -0.25) is 19.7 Å². The van der Waals surface area contributed by atoms with Gasteiger partial charge in [0.05, 0.1) is 5.41 Å². The lowest BCUT2D eigenvalue weighted by Gasteiger charge is -2.40. The number of esters is 1. The second-order valence-corrected chi connectivity index (χ2v) is 7.19. The van der Waals surface area contributed by atoms with Crippen LogP contribution in [-0.2, 0) is 24.5 Å². The van der Waals surface area contributed by atoms with Gasteiger partial charge in [-0.25, -0.2) is 4.79 Å². The van der Waals surface area contributed by atoms with E-state index in [2.05, 4.69) is 10.6 Å². The van der Waals surface area contributed by atoms with Crippen molar-refractivity contribution in [2.75, 3.05) is 26.2 Å². The Balaban J connectivity index is 1.99. The fourth-order valence-corrected chi connectivity index (χ4v) is 3.43. The summed E-state index contributed by atoms with van der Waals surface area (Å²) in [6, 6.07) is 8.65. The molecule has 0 unspecified atom stereocenters. The third kappa shape index (κ3) is 6.04. The van der Waals surface area contributed by atoms with Crippen LogP contribution in [-0.4, -0.2) is 55.0 Å². The summed E-state index contributed by atoms with van der Waals surface area (Å²) in [5, 5.41) is 4.72. The Morgan fingerprint density at radius 1 is 1.10 bits per heavy atom. The van der Waals surface area contributed by atoms with Gasteiger partial charge in [0.15, 0.2) is 6.61 Å². The second-order valence-electron chi connectivity index (χ2n) is 7.19. The van der Waals surface area contributed by atoms with Crippen molar-refractivity contribution in [3.63, 3.8) is 0 Å². The van der Waals surface area contributed by atoms with Crippen molar-refractivity contribution in [2.24, 2.45) is 0 Å². The van der Waals surface area contributed by atoms with E-state index in [0.717, 1.165) is 18.4 Å². The third-order valence-electron chi connectivity index (χ3n) is 5.18. The lowest BCUT2D eigenvalue weighted by atomic mass is 9.72. The first kappa shape index (κ1) is 22.4. The molecule has 1 saturated heterocycles. The van der Waals surface area contributed by atoms with Crippen molar-refractivity contribution in [1.29, 1.82) is 0 Å². The monoisotopic (exact) mass is 403 g/mol. The van der Waals surface area contributed by atoms with E-state index >= 15 is 0 Å². The molecule has 158 valence electrons. The van der Waals surface area contributed by atoms with E-state index in [1.165, 1.54) is 6.92 Å². The molecule has 29 heavy (non-hydrogen) atoms. The largest absolute Gasteiger partial charge is 0.455 e. The summed E-state index contributed by atoms with van der Waals surface area (Å²) in [6.45, 7) is 4.30. The highest BCUT2D eigenvalue weighted by Gasteiger charge is 2.44. The summed E-state index contributed by atoms with van der Waals surface area (Å²) in [7, 11) is 0. The zero-order valence-electron chi connectivity index (χ0n) is 17.0. The fourth-order valence-electron chi connectivity index (χ4n) is 3.43. The van der Waals surface area contributed by atoms with Crippen molar-refractivity contribution in [1.82, 2.24) is 15.5 Å². The van der Waals surface area contributed by atoms with Gasteiger partial charge in [0.1, 0.15) is 0 Å². The number of carbonyl (C=O) groups is 4. The first-order chi connectivity index (χ1) is 13.9. The number of likely N-dealkylation sites (tertiary alicyclic amines) is 1. The van der Waals surface area contributed by atoms with E-state index in [1.807, 2.05) is 37.3 Å². The molecule has 8 nitrogen and oxygen atoms in total. The number of rotatable bonds is 7. The van der Waals surface area contributed by atoms with Crippen molar-refractivity contribution < 1.29 is 23.9 Å². The number of urea groups is 1. The zero-order chi connectivity index (χ0) is 21.3. The van der Waals surface area contributed by atoms with E-state index < -0.39 is 29.9 Å². The van der Waals surface area contributed by atoms with Gasteiger partial charge in [-0.05, 0) is 24.8 Å². The Morgan fingerprint density at radius 2 is 1.76 bits per heavy atom. The molecule has 1 aromatic rings. The summed E-state index contributed by atoms with van der Waals surface area (Å²) in [6.07, 6.45) is 2.56. The number of imide groups is 1. The Bertz CT molecular complexity index is 727. The minimum atomic E-state index is -0.920. The van der Waals surface area contributed by atoms with Crippen molar-refractivity contribution in [3.8, 4) is 0 Å². The minimum absolute atomic E-state index is 0.0338. The number of carbonyl (C=O) groups excluding carboxylic acids is 4. The SMILES string of the molecule is CCCCNC(=O)NC(=O)COC(=O)C1(c2ccccc2)CCN(C(C)=O)CC1. The maximum absolute atomic E-state index is 13.0. The molecular formula is C21H29N3O5. The summed E-state index contributed by atoms with van der Waals surface area (Å²) >= 11 is 0. The first-order valence-electron chi connectivity index (χ1n) is 9.95. The van der Waals surface area contributed by atoms with Crippen LogP contribution in [0.2, 0.25) is 0 Å². The molecular weight excluding hydrogens is 374 g/mol. The topological polar surface area (TPSA) is 105 Å². The molecule has 0 bridgehead atoms. The highest BCUT2D eigenvalue weighted by Crippen LogP contribution is 2.37. The highest BCUT2D eigenvalue weighted by molar-refractivity contribution is 5.96. The van der Waals surface area contributed by atoms with E-state index in [4.69, 9.17) is 4.74 Å². The number of nitrogens with one attached hydrogen (secondary N) is 2. The number of unbranched alkanes of at least 4 members (excludes halogenated alkanes) is 1. The lowest BCUT2D eigenvalue weighted by Crippen LogP contribution is -2.50.